The van der Waals surface area contributed by atoms with Gasteiger partial charge in [0.2, 0.25) is 0 Å². The van der Waals surface area contributed by atoms with Crippen molar-refractivity contribution < 1.29 is 15.0 Å². The van der Waals surface area contributed by atoms with Crippen LogP contribution in [0.5, 0.6) is 0 Å². The Morgan fingerprint density at radius 3 is 0.735 bits per heavy atom. The Balaban J connectivity index is 0.00000108. The molecule has 0 aliphatic carbocycles. The van der Waals surface area contributed by atoms with Gasteiger partial charge < -0.3 is 7.43 Å². The fraction of sp³-hybridized carbons (Fsp3) is 0. The molecule has 0 radical (unpaired) electrons. The Hall–Kier alpha value is -0.242. The zero-order chi connectivity index (χ0) is 24.5. The Morgan fingerprint density at radius 1 is 0.441 bits per heavy atom. The molecule has 0 saturated carbocycles. The topological polar surface area (TPSA) is 39.8 Å². The summed E-state index contributed by atoms with van der Waals surface area (Å²) in [4.78, 5) is 0. The SMILES string of the molecule is [C-]#[O+].[C-]#[O+].[CH3-].[I][Ir]([I])[I].c1ccc([As+](c2ccccc2)(c2ccccc2)c2ccccc2)cc1. The van der Waals surface area contributed by atoms with Crippen molar-refractivity contribution in [2.24, 2.45) is 0 Å². The van der Waals surface area contributed by atoms with Gasteiger partial charge in [0.25, 0.3) is 0 Å². The summed E-state index contributed by atoms with van der Waals surface area (Å²) in [7, 11) is 0. The van der Waals surface area contributed by atoms with Gasteiger partial charge in [-0.1, -0.05) is 0 Å². The van der Waals surface area contributed by atoms with E-state index in [1.807, 2.05) is 0 Å². The maximum absolute atomic E-state index is 7.50. The summed E-state index contributed by atoms with van der Waals surface area (Å²) < 4.78 is 20.8. The second-order valence-corrected chi connectivity index (χ2v) is 65.8. The molecule has 0 bridgehead atoms. The van der Waals surface area contributed by atoms with Crippen LogP contribution in [0.2, 0.25) is 0 Å². The van der Waals surface area contributed by atoms with Crippen LogP contribution in [0.25, 0.3) is 0 Å². The van der Waals surface area contributed by atoms with Gasteiger partial charge in [0.05, 0.1) is 0 Å². The minimum atomic E-state index is -2.77. The third-order valence-electron chi connectivity index (χ3n) is 4.57. The molecule has 34 heavy (non-hydrogen) atoms. The molecule has 0 atom stereocenters. The van der Waals surface area contributed by atoms with Crippen molar-refractivity contribution in [2.75, 3.05) is 0 Å². The van der Waals surface area contributed by atoms with Crippen LogP contribution >= 0.6 is 58.8 Å². The van der Waals surface area contributed by atoms with Gasteiger partial charge in [-0.3, -0.25) is 0 Å². The molecule has 0 N–H and O–H groups in total. The van der Waals surface area contributed by atoms with Crippen LogP contribution in [0.4, 0.5) is 0 Å². The van der Waals surface area contributed by atoms with Crippen LogP contribution in [0.1, 0.15) is 0 Å². The van der Waals surface area contributed by atoms with Crippen LogP contribution in [-0.2, 0) is 15.0 Å². The van der Waals surface area contributed by atoms with Crippen LogP contribution in [0.15, 0.2) is 121 Å². The van der Waals surface area contributed by atoms with Gasteiger partial charge in [-0.2, -0.15) is 0 Å². The molecule has 4 rings (SSSR count). The molecule has 0 fully saturated rings. The summed E-state index contributed by atoms with van der Waals surface area (Å²) in [5.41, 5.74) is 0. The van der Waals surface area contributed by atoms with Gasteiger partial charge in [0.15, 0.2) is 0 Å². The minimum absolute atomic E-state index is 0. The molecular formula is C27H23AsI3IrO2. The molecular weight excluding hydrogens is 1000 g/mol. The van der Waals surface area contributed by atoms with Gasteiger partial charge in [0, 0.05) is 0 Å². The second-order valence-electron chi connectivity index (χ2n) is 6.16. The summed E-state index contributed by atoms with van der Waals surface area (Å²) in [6.07, 6.45) is 0. The van der Waals surface area contributed by atoms with Crippen molar-refractivity contribution in [3.63, 3.8) is 0 Å². The molecule has 0 heterocycles. The van der Waals surface area contributed by atoms with E-state index >= 15 is 0 Å². The van der Waals surface area contributed by atoms with E-state index in [2.05, 4.69) is 193 Å². The molecule has 0 spiro atoms. The Kier molecular flexibility index (Phi) is 19.7. The first kappa shape index (κ1) is 33.8. The second kappa shape index (κ2) is 19.9. The van der Waals surface area contributed by atoms with Crippen LogP contribution in [0.3, 0.4) is 0 Å². The van der Waals surface area contributed by atoms with Crippen molar-refractivity contribution in [1.82, 2.24) is 0 Å². The fourth-order valence-electron chi connectivity index (χ4n) is 3.50. The molecule has 0 aliphatic rings. The van der Waals surface area contributed by atoms with Gasteiger partial charge in [0.1, 0.15) is 0 Å². The normalized spacial score (nSPS) is 9.68. The zero-order valence-corrected chi connectivity index (χ0v) is 29.0. The maximum atomic E-state index is 7.50. The molecule has 0 aliphatic heterocycles. The van der Waals surface area contributed by atoms with E-state index in [1.54, 1.807) is 0 Å². The van der Waals surface area contributed by atoms with E-state index in [9.17, 15) is 0 Å². The summed E-state index contributed by atoms with van der Waals surface area (Å²) >= 11 is 4.68. The first-order chi connectivity index (χ1) is 16.2. The molecule has 0 aromatic heterocycles. The average molecular weight is 1030 g/mol. The summed E-state index contributed by atoms with van der Waals surface area (Å²) in [6, 6.07) is 44.2. The number of hydrogen-bond acceptors (Lipinski definition) is 0. The summed E-state index contributed by atoms with van der Waals surface area (Å²) in [5.74, 6) is -0.423. The van der Waals surface area contributed by atoms with Gasteiger partial charge in [-0.25, -0.2) is 0 Å². The number of benzene rings is 4. The first-order valence-electron chi connectivity index (χ1n) is 9.32. The quantitative estimate of drug-likeness (QED) is 0.103. The Morgan fingerprint density at radius 2 is 0.588 bits per heavy atom. The van der Waals surface area contributed by atoms with E-state index < -0.39 is 19.3 Å². The number of hydrogen-bond donors (Lipinski definition) is 0. The van der Waals surface area contributed by atoms with Crippen LogP contribution in [-0.4, -0.2) is 13.6 Å². The molecule has 178 valence electrons. The number of rotatable bonds is 4. The summed E-state index contributed by atoms with van der Waals surface area (Å²) in [5, 5.41) is 0. The van der Waals surface area contributed by atoms with E-state index in [0.717, 1.165) is 0 Å². The van der Waals surface area contributed by atoms with Crippen molar-refractivity contribution in [1.29, 1.82) is 0 Å². The molecule has 7 heteroatoms. The average Bonchev–Trinajstić information content (AvgIpc) is 2.89. The van der Waals surface area contributed by atoms with E-state index in [-0.39, 0.29) is 7.43 Å². The Labute approximate surface area is 243 Å². The van der Waals surface area contributed by atoms with Crippen molar-refractivity contribution in [3.8, 4) is 0 Å². The van der Waals surface area contributed by atoms with Crippen molar-refractivity contribution in [3.05, 3.63) is 142 Å². The van der Waals surface area contributed by atoms with Gasteiger partial charge in [-0.15, -0.1) is 0 Å². The van der Waals surface area contributed by atoms with E-state index in [0.29, 0.717) is 0 Å². The van der Waals surface area contributed by atoms with E-state index in [1.165, 1.54) is 17.4 Å². The summed E-state index contributed by atoms with van der Waals surface area (Å²) in [6.45, 7) is 9.00. The van der Waals surface area contributed by atoms with E-state index in [4.69, 9.17) is 9.30 Å². The van der Waals surface area contributed by atoms with Gasteiger partial charge >= 0.3 is 239 Å². The van der Waals surface area contributed by atoms with Crippen LogP contribution in [0, 0.1) is 20.7 Å². The van der Waals surface area contributed by atoms with Crippen molar-refractivity contribution >= 4 is 89.7 Å². The van der Waals surface area contributed by atoms with Crippen molar-refractivity contribution in [2.45, 2.75) is 0 Å². The molecule has 4 aromatic rings. The molecule has 0 unspecified atom stereocenters. The third kappa shape index (κ3) is 9.66. The third-order valence-corrected chi connectivity index (χ3v) is 13.6. The fourth-order valence-corrected chi connectivity index (χ4v) is 12.5. The predicted octanol–water partition coefficient (Wildman–Crippen LogP) is 6.09. The first-order valence-corrected chi connectivity index (χ1v) is 33.5. The molecule has 2 nitrogen and oxygen atoms in total. The van der Waals surface area contributed by atoms with Crippen LogP contribution < -0.4 is 17.4 Å². The molecule has 0 saturated heterocycles. The molecule has 0 amide bonds. The van der Waals surface area contributed by atoms with Gasteiger partial charge in [-0.05, 0) is 0 Å². The zero-order valence-electron chi connectivity index (χ0n) is 18.3. The molecule has 4 aromatic carbocycles. The number of halogens is 3. The monoisotopic (exact) mass is 1030 g/mol. The Bertz CT molecular complexity index is 906. The predicted molar refractivity (Wildman–Crippen MR) is 166 cm³/mol. The standard InChI is InChI=1S/C24H20As.2CO.CH3.3HI.Ir/c1-5-13-21(14-6-1)25(22-15-7-2-8-16-22,23-17-9-3-10-18-23)24-19-11-4-12-20-24;2*1-2;;;;;/h1-20H;;;1H3;3*1H;/q+1;;;-1;;;;+3/p-3.